The molecule has 0 heterocycles. The Morgan fingerprint density at radius 1 is 0.846 bits per heavy atom. The first-order valence-corrected chi connectivity index (χ1v) is 15.7. The molecule has 0 N–H and O–H groups in total. The van der Waals surface area contributed by atoms with Gasteiger partial charge in [-0.25, -0.2) is 0 Å². The second kappa shape index (κ2) is 11.3. The predicted octanol–water partition coefficient (Wildman–Crippen LogP) is 4.72. The second-order valence-corrected chi connectivity index (χ2v) is 18.7. The van der Waals surface area contributed by atoms with E-state index >= 15 is 0 Å². The van der Waals surface area contributed by atoms with Crippen molar-refractivity contribution < 1.29 is 0 Å². The van der Waals surface area contributed by atoms with Crippen LogP contribution in [0.3, 0.4) is 0 Å². The zero-order chi connectivity index (χ0) is 9.94. The van der Waals surface area contributed by atoms with Crippen LogP contribution in [0.1, 0.15) is 52.9 Å². The monoisotopic (exact) mass is 304 g/mol. The van der Waals surface area contributed by atoms with Gasteiger partial charge in [0.15, 0.2) is 0 Å². The van der Waals surface area contributed by atoms with E-state index in [0.717, 1.165) is 0 Å². The molecule has 0 radical (unpaired) electrons. The third-order valence-corrected chi connectivity index (χ3v) is 18.7. The summed E-state index contributed by atoms with van der Waals surface area (Å²) in [7, 11) is 2.41. The molecular formula is C11H25InS. The topological polar surface area (TPSA) is 0 Å². The average Bonchev–Trinajstić information content (AvgIpc) is 2.17. The molecule has 0 rings (SSSR count). The molecule has 0 aromatic rings. The summed E-state index contributed by atoms with van der Waals surface area (Å²) in [6, 6.07) is 0. The van der Waals surface area contributed by atoms with Crippen LogP contribution in [-0.2, 0) is 0 Å². The zero-order valence-electron chi connectivity index (χ0n) is 9.64. The van der Waals surface area contributed by atoms with Gasteiger partial charge in [-0.05, 0) is 0 Å². The minimum atomic E-state index is -1.05. The van der Waals surface area contributed by atoms with E-state index in [1.54, 1.807) is 8.35 Å². The first kappa shape index (κ1) is 14.2. The number of hydrogen-bond acceptors (Lipinski definition) is 1. The summed E-state index contributed by atoms with van der Waals surface area (Å²) in [4.78, 5) is 0. The van der Waals surface area contributed by atoms with Gasteiger partial charge in [-0.15, -0.1) is 0 Å². The molecule has 0 aromatic heterocycles. The van der Waals surface area contributed by atoms with Crippen LogP contribution in [-0.4, -0.2) is 25.7 Å². The molecular weight excluding hydrogens is 279 g/mol. The minimum absolute atomic E-state index is 1.05. The van der Waals surface area contributed by atoms with Gasteiger partial charge in [-0.1, -0.05) is 0 Å². The van der Waals surface area contributed by atoms with Crippen molar-refractivity contribution >= 4 is 28.6 Å². The van der Waals surface area contributed by atoms with Crippen molar-refractivity contribution in [3.8, 4) is 0 Å². The number of rotatable bonds is 9. The van der Waals surface area contributed by atoms with Crippen LogP contribution in [0.25, 0.3) is 0 Å². The van der Waals surface area contributed by atoms with Crippen LogP contribution < -0.4 is 0 Å². The molecule has 0 spiro atoms. The fraction of sp³-hybridized carbons (Fsp3) is 1.00. The number of unbranched alkanes of at least 4 members (excludes halogenated alkanes) is 2. The summed E-state index contributed by atoms with van der Waals surface area (Å²) in [5.74, 6) is 1.45. The molecule has 0 bridgehead atoms. The zero-order valence-corrected chi connectivity index (χ0v) is 13.8. The number of hydrogen-bond donors (Lipinski definition) is 0. The summed E-state index contributed by atoms with van der Waals surface area (Å²) in [5.41, 5.74) is 0. The van der Waals surface area contributed by atoms with E-state index in [0.29, 0.717) is 0 Å². The van der Waals surface area contributed by atoms with E-state index in [9.17, 15) is 0 Å². The van der Waals surface area contributed by atoms with Gasteiger partial charge < -0.3 is 0 Å². The van der Waals surface area contributed by atoms with Crippen LogP contribution in [0.15, 0.2) is 0 Å². The molecule has 2 heteroatoms. The molecule has 0 nitrogen and oxygen atoms in total. The first-order chi connectivity index (χ1) is 6.35. The summed E-state index contributed by atoms with van der Waals surface area (Å²) < 4.78 is 3.31. The van der Waals surface area contributed by atoms with Gasteiger partial charge in [0, 0.05) is 0 Å². The molecule has 0 atom stereocenters. The second-order valence-electron chi connectivity index (χ2n) is 3.78. The van der Waals surface area contributed by atoms with Crippen molar-refractivity contribution in [3.63, 3.8) is 0 Å². The third kappa shape index (κ3) is 9.52. The molecule has 0 aliphatic carbocycles. The summed E-state index contributed by atoms with van der Waals surface area (Å²) in [5, 5.41) is 0. The Morgan fingerprint density at radius 3 is 1.77 bits per heavy atom. The molecule has 0 aliphatic rings. The van der Waals surface area contributed by atoms with Gasteiger partial charge >= 0.3 is 95.6 Å². The van der Waals surface area contributed by atoms with Crippen LogP contribution in [0, 0.1) is 0 Å². The van der Waals surface area contributed by atoms with Crippen molar-refractivity contribution in [2.75, 3.05) is 5.75 Å². The van der Waals surface area contributed by atoms with Crippen molar-refractivity contribution in [2.45, 2.75) is 61.2 Å². The normalized spacial score (nSPS) is 10.4. The maximum atomic E-state index is 2.41. The molecule has 0 saturated carbocycles. The third-order valence-electron chi connectivity index (χ3n) is 2.32. The van der Waals surface area contributed by atoms with Gasteiger partial charge in [0.25, 0.3) is 0 Å². The van der Waals surface area contributed by atoms with E-state index < -0.39 is 20.0 Å². The Balaban J connectivity index is 3.47. The molecule has 0 saturated heterocycles. The first-order valence-electron chi connectivity index (χ1n) is 5.96. The molecule has 0 aromatic carbocycles. The Hall–Kier alpha value is 1.22. The van der Waals surface area contributed by atoms with Crippen LogP contribution in [0.4, 0.5) is 0 Å². The SMILES string of the molecule is CCC[CH2][In]([CH2]CCC)[S]CCC. The Labute approximate surface area is 95.1 Å². The van der Waals surface area contributed by atoms with Gasteiger partial charge in [-0.2, -0.15) is 0 Å². The van der Waals surface area contributed by atoms with Crippen molar-refractivity contribution in [2.24, 2.45) is 0 Å². The molecule has 0 fully saturated rings. The fourth-order valence-corrected chi connectivity index (χ4v) is 18.1. The van der Waals surface area contributed by atoms with Crippen LogP contribution in [0.5, 0.6) is 0 Å². The van der Waals surface area contributed by atoms with Crippen molar-refractivity contribution in [3.05, 3.63) is 0 Å². The molecule has 0 amide bonds. The van der Waals surface area contributed by atoms with Gasteiger partial charge in [0.05, 0.1) is 0 Å². The van der Waals surface area contributed by atoms with E-state index in [1.165, 1.54) is 37.9 Å². The predicted molar refractivity (Wildman–Crippen MR) is 67.9 cm³/mol. The van der Waals surface area contributed by atoms with E-state index in [1.807, 2.05) is 0 Å². The van der Waals surface area contributed by atoms with Crippen molar-refractivity contribution in [1.82, 2.24) is 0 Å². The quantitative estimate of drug-likeness (QED) is 0.594. The van der Waals surface area contributed by atoms with Gasteiger partial charge in [-0.3, -0.25) is 0 Å². The van der Waals surface area contributed by atoms with E-state index in [-0.39, 0.29) is 0 Å². The molecule has 0 aliphatic heterocycles. The summed E-state index contributed by atoms with van der Waals surface area (Å²) >= 11 is -1.05. The maximum absolute atomic E-state index is 2.41. The van der Waals surface area contributed by atoms with Gasteiger partial charge in [0.1, 0.15) is 0 Å². The molecule has 0 unspecified atom stereocenters. The average molecular weight is 304 g/mol. The standard InChI is InChI=1S/2C4H9.C3H8S.In/c2*1-3-4-2;1-2-3-4;/h2*1,3-4H2,2H3;4H,2-3H2,1H3;/q;;;+1/p-1. The van der Waals surface area contributed by atoms with Gasteiger partial charge in [0.2, 0.25) is 0 Å². The Morgan fingerprint density at radius 2 is 1.38 bits per heavy atom. The fourth-order valence-electron chi connectivity index (χ4n) is 1.46. The van der Waals surface area contributed by atoms with E-state index in [2.05, 4.69) is 29.4 Å². The van der Waals surface area contributed by atoms with Crippen LogP contribution >= 0.6 is 8.59 Å². The van der Waals surface area contributed by atoms with Crippen LogP contribution in [0.2, 0.25) is 8.35 Å². The van der Waals surface area contributed by atoms with E-state index in [4.69, 9.17) is 0 Å². The summed E-state index contributed by atoms with van der Waals surface area (Å²) in [6.45, 7) is 6.97. The molecule has 13 heavy (non-hydrogen) atoms. The van der Waals surface area contributed by atoms with Crippen molar-refractivity contribution in [1.29, 1.82) is 0 Å². The Bertz CT molecular complexity index is 77.1. The summed E-state index contributed by atoms with van der Waals surface area (Å²) in [6.07, 6.45) is 7.23. The Kier molecular flexibility index (Phi) is 12.4. The molecule has 78 valence electrons.